The lowest BCUT2D eigenvalue weighted by Gasteiger charge is -1.98. The van der Waals surface area contributed by atoms with Crippen molar-refractivity contribution in [1.82, 2.24) is 19.7 Å². The summed E-state index contributed by atoms with van der Waals surface area (Å²) in [6.07, 6.45) is 3.44. The summed E-state index contributed by atoms with van der Waals surface area (Å²) in [4.78, 5) is 20.1. The first kappa shape index (κ1) is 11.2. The Morgan fingerprint density at radius 2 is 2.44 bits per heavy atom. The van der Waals surface area contributed by atoms with Crippen molar-refractivity contribution >= 4 is 22.8 Å². The van der Waals surface area contributed by atoms with Crippen molar-refractivity contribution in [1.29, 1.82) is 0 Å². The Morgan fingerprint density at radius 1 is 1.62 bits per heavy atom. The van der Waals surface area contributed by atoms with Crippen molar-refractivity contribution in [3.05, 3.63) is 16.6 Å². The Balaban J connectivity index is 2.46. The van der Waals surface area contributed by atoms with E-state index in [2.05, 4.69) is 15.1 Å². The highest BCUT2D eigenvalue weighted by Gasteiger charge is 2.08. The predicted molar refractivity (Wildman–Crippen MR) is 61.8 cm³/mol. The third-order valence-corrected chi connectivity index (χ3v) is 2.75. The van der Waals surface area contributed by atoms with Crippen LogP contribution in [0.1, 0.15) is 0 Å². The van der Waals surface area contributed by atoms with Gasteiger partial charge in [-0.25, -0.2) is 14.6 Å². The van der Waals surface area contributed by atoms with E-state index in [9.17, 15) is 4.79 Å². The van der Waals surface area contributed by atoms with Gasteiger partial charge in [-0.1, -0.05) is 11.8 Å². The molecule has 0 aliphatic rings. The normalized spacial score (nSPS) is 11.1. The minimum Gasteiger partial charge on any atom is -0.383 e. The number of aromatic amines is 1. The van der Waals surface area contributed by atoms with Gasteiger partial charge >= 0.3 is 0 Å². The number of fused-ring (bicyclic) bond motifs is 1. The van der Waals surface area contributed by atoms with Crippen LogP contribution < -0.4 is 5.56 Å². The molecule has 0 amide bonds. The summed E-state index contributed by atoms with van der Waals surface area (Å²) in [5.41, 5.74) is 0.458. The van der Waals surface area contributed by atoms with E-state index in [0.29, 0.717) is 29.3 Å². The van der Waals surface area contributed by atoms with Gasteiger partial charge in [0, 0.05) is 13.3 Å². The molecule has 0 unspecified atom stereocenters. The van der Waals surface area contributed by atoms with E-state index in [0.717, 1.165) is 0 Å². The highest BCUT2D eigenvalue weighted by atomic mass is 32.2. The predicted octanol–water partition coefficient (Wildman–Crippen LogP) is 0.488. The molecule has 0 aliphatic carbocycles. The molecule has 0 bridgehead atoms. The van der Waals surface area contributed by atoms with Gasteiger partial charge in [0.2, 0.25) is 0 Å². The summed E-state index contributed by atoms with van der Waals surface area (Å²) in [5, 5.41) is 4.09. The Kier molecular flexibility index (Phi) is 3.25. The van der Waals surface area contributed by atoms with E-state index >= 15 is 0 Å². The van der Waals surface area contributed by atoms with E-state index in [1.807, 2.05) is 6.26 Å². The summed E-state index contributed by atoms with van der Waals surface area (Å²) in [6.45, 7) is 0.968. The van der Waals surface area contributed by atoms with Crippen LogP contribution in [0.25, 0.3) is 11.0 Å². The third kappa shape index (κ3) is 1.96. The molecule has 6 nitrogen and oxygen atoms in total. The molecule has 0 aromatic carbocycles. The maximum absolute atomic E-state index is 11.8. The largest absolute Gasteiger partial charge is 0.383 e. The number of nitrogens with one attached hydrogen (secondary N) is 1. The minimum atomic E-state index is -0.111. The van der Waals surface area contributed by atoms with E-state index < -0.39 is 0 Å². The molecule has 16 heavy (non-hydrogen) atoms. The lowest BCUT2D eigenvalue weighted by atomic mass is 10.4. The number of aromatic nitrogens is 4. The Bertz CT molecular complexity index is 548. The lowest BCUT2D eigenvalue weighted by Crippen LogP contribution is -2.19. The molecule has 2 rings (SSSR count). The number of methoxy groups -OCH3 is 1. The first-order valence-corrected chi connectivity index (χ1v) is 5.97. The zero-order chi connectivity index (χ0) is 11.5. The van der Waals surface area contributed by atoms with Crippen LogP contribution in [0.15, 0.2) is 16.1 Å². The molecular weight excluding hydrogens is 228 g/mol. The van der Waals surface area contributed by atoms with Crippen LogP contribution in [0, 0.1) is 0 Å². The van der Waals surface area contributed by atoms with E-state index in [-0.39, 0.29) is 5.56 Å². The Hall–Kier alpha value is -1.34. The summed E-state index contributed by atoms with van der Waals surface area (Å²) < 4.78 is 6.40. The number of hydrogen-bond acceptors (Lipinski definition) is 5. The second kappa shape index (κ2) is 4.67. The van der Waals surface area contributed by atoms with E-state index in [1.165, 1.54) is 16.4 Å². The van der Waals surface area contributed by atoms with Crippen molar-refractivity contribution in [2.75, 3.05) is 20.0 Å². The van der Waals surface area contributed by atoms with Crippen molar-refractivity contribution in [2.45, 2.75) is 11.7 Å². The van der Waals surface area contributed by atoms with Gasteiger partial charge in [-0.15, -0.1) is 0 Å². The van der Waals surface area contributed by atoms with Gasteiger partial charge in [0.25, 0.3) is 5.56 Å². The third-order valence-electron chi connectivity index (χ3n) is 2.18. The van der Waals surface area contributed by atoms with Gasteiger partial charge < -0.3 is 4.74 Å². The smallest absolute Gasteiger partial charge is 0.277 e. The number of rotatable bonds is 4. The lowest BCUT2D eigenvalue weighted by molar-refractivity contribution is 0.183. The molecule has 0 atom stereocenters. The van der Waals surface area contributed by atoms with E-state index in [1.54, 1.807) is 13.3 Å². The molecule has 0 saturated heterocycles. The standard InChI is InChI=1S/C9H12N4O2S/c1-15-4-3-13-8(14)6-5-10-9(16-2)11-7(6)12-13/h5H,3-4H2,1-2H3,(H,10,11,12). The molecule has 7 heteroatoms. The molecule has 0 saturated carbocycles. The van der Waals surface area contributed by atoms with Gasteiger partial charge in [0.15, 0.2) is 10.8 Å². The fraction of sp³-hybridized carbons (Fsp3) is 0.444. The second-order valence-electron chi connectivity index (χ2n) is 3.18. The monoisotopic (exact) mass is 240 g/mol. The number of nitrogens with zero attached hydrogens (tertiary/aromatic N) is 3. The molecule has 0 spiro atoms. The summed E-state index contributed by atoms with van der Waals surface area (Å²) in [6, 6.07) is 0. The Labute approximate surface area is 96.0 Å². The quantitative estimate of drug-likeness (QED) is 0.622. The van der Waals surface area contributed by atoms with Crippen molar-refractivity contribution in [2.24, 2.45) is 0 Å². The van der Waals surface area contributed by atoms with Crippen LogP contribution in [0.5, 0.6) is 0 Å². The zero-order valence-corrected chi connectivity index (χ0v) is 9.87. The first-order valence-electron chi connectivity index (χ1n) is 4.74. The Morgan fingerprint density at radius 3 is 3.12 bits per heavy atom. The van der Waals surface area contributed by atoms with Crippen molar-refractivity contribution in [3.63, 3.8) is 0 Å². The zero-order valence-electron chi connectivity index (χ0n) is 9.06. The van der Waals surface area contributed by atoms with Gasteiger partial charge in [-0.2, -0.15) is 0 Å². The number of H-pyrrole nitrogens is 1. The molecule has 2 heterocycles. The topological polar surface area (TPSA) is 72.8 Å². The van der Waals surface area contributed by atoms with Gasteiger partial charge in [0.1, 0.15) is 5.39 Å². The van der Waals surface area contributed by atoms with Crippen LogP contribution in [0.3, 0.4) is 0 Å². The van der Waals surface area contributed by atoms with Crippen LogP contribution in [-0.4, -0.2) is 39.7 Å². The van der Waals surface area contributed by atoms with Crippen LogP contribution in [-0.2, 0) is 11.3 Å². The number of ether oxygens (including phenoxy) is 1. The molecule has 0 aliphatic heterocycles. The highest BCUT2D eigenvalue weighted by molar-refractivity contribution is 7.98. The average Bonchev–Trinajstić information content (AvgIpc) is 2.63. The van der Waals surface area contributed by atoms with Crippen molar-refractivity contribution in [3.8, 4) is 0 Å². The summed E-state index contributed by atoms with van der Waals surface area (Å²) >= 11 is 1.44. The van der Waals surface area contributed by atoms with Crippen LogP contribution in [0.2, 0.25) is 0 Å². The maximum atomic E-state index is 11.8. The van der Waals surface area contributed by atoms with E-state index in [4.69, 9.17) is 4.74 Å². The first-order chi connectivity index (χ1) is 7.76. The molecule has 2 aromatic heterocycles. The number of hydrogen-bond donors (Lipinski definition) is 1. The summed E-state index contributed by atoms with van der Waals surface area (Å²) in [5.74, 6) is 0. The second-order valence-corrected chi connectivity index (χ2v) is 3.95. The molecule has 86 valence electrons. The molecule has 2 aromatic rings. The fourth-order valence-corrected chi connectivity index (χ4v) is 1.71. The summed E-state index contributed by atoms with van der Waals surface area (Å²) in [7, 11) is 1.60. The van der Waals surface area contributed by atoms with Crippen LogP contribution in [0.4, 0.5) is 0 Å². The molecular formula is C9H12N4O2S. The SMILES string of the molecule is COCCn1[nH]c2nc(SC)ncc2c1=O. The van der Waals surface area contributed by atoms with Crippen LogP contribution >= 0.6 is 11.8 Å². The van der Waals surface area contributed by atoms with Gasteiger partial charge in [-0.3, -0.25) is 9.89 Å². The molecule has 1 N–H and O–H groups in total. The molecule has 0 fully saturated rings. The number of thioether (sulfide) groups is 1. The van der Waals surface area contributed by atoms with Gasteiger partial charge in [-0.05, 0) is 6.26 Å². The average molecular weight is 240 g/mol. The maximum Gasteiger partial charge on any atom is 0.277 e. The minimum absolute atomic E-state index is 0.111. The highest BCUT2D eigenvalue weighted by Crippen LogP contribution is 2.10. The fourth-order valence-electron chi connectivity index (χ4n) is 1.37. The molecule has 0 radical (unpaired) electrons. The van der Waals surface area contributed by atoms with Gasteiger partial charge in [0.05, 0.1) is 13.2 Å². The van der Waals surface area contributed by atoms with Crippen molar-refractivity contribution < 1.29 is 4.74 Å².